The first-order valence-electron chi connectivity index (χ1n) is 9.21. The van der Waals surface area contributed by atoms with E-state index in [9.17, 15) is 4.79 Å². The Labute approximate surface area is 149 Å². The van der Waals surface area contributed by atoms with Gasteiger partial charge in [-0.25, -0.2) is 0 Å². The topological polar surface area (TPSA) is 22.0 Å². The van der Waals surface area contributed by atoms with E-state index in [2.05, 4.69) is 43.5 Å². The van der Waals surface area contributed by atoms with E-state index in [0.717, 1.165) is 41.2 Å². The number of pyridine rings is 1. The van der Waals surface area contributed by atoms with Gasteiger partial charge in [0.1, 0.15) is 0 Å². The summed E-state index contributed by atoms with van der Waals surface area (Å²) in [5.74, 6) is 0.660. The van der Waals surface area contributed by atoms with E-state index in [-0.39, 0.29) is 5.43 Å². The van der Waals surface area contributed by atoms with Gasteiger partial charge in [0.25, 0.3) is 0 Å². The molecule has 0 bridgehead atoms. The number of aromatic nitrogens is 1. The lowest BCUT2D eigenvalue weighted by Crippen LogP contribution is -2.13. The molecule has 2 nitrogen and oxygen atoms in total. The maximum Gasteiger partial charge on any atom is 0.197 e. The van der Waals surface area contributed by atoms with Crippen LogP contribution in [0.3, 0.4) is 0 Å². The molecule has 3 aromatic rings. The van der Waals surface area contributed by atoms with Crippen molar-refractivity contribution in [2.45, 2.75) is 46.6 Å². The zero-order valence-corrected chi connectivity index (χ0v) is 15.5. The molecule has 3 rings (SSSR count). The van der Waals surface area contributed by atoms with Gasteiger partial charge in [0.2, 0.25) is 0 Å². The average molecular weight is 333 g/mol. The smallest absolute Gasteiger partial charge is 0.197 e. The Morgan fingerprint density at radius 3 is 2.08 bits per heavy atom. The second kappa shape index (κ2) is 7.69. The molecule has 0 spiro atoms. The van der Waals surface area contributed by atoms with Gasteiger partial charge in [-0.05, 0) is 63.3 Å². The van der Waals surface area contributed by atoms with Gasteiger partial charge in [-0.3, -0.25) is 4.79 Å². The number of nitrogens with zero attached hydrogens (tertiary/aromatic N) is 1. The summed E-state index contributed by atoms with van der Waals surface area (Å²) in [5.41, 5.74) is 3.62. The van der Waals surface area contributed by atoms with Gasteiger partial charge >= 0.3 is 0 Å². The molecule has 0 aliphatic carbocycles. The fraction of sp³-hybridized carbons (Fsp3) is 0.348. The monoisotopic (exact) mass is 333 g/mol. The van der Waals surface area contributed by atoms with Crippen LogP contribution in [-0.2, 0) is 6.54 Å². The summed E-state index contributed by atoms with van der Waals surface area (Å²) in [5, 5.41) is 1.64. The Bertz CT molecular complexity index is 901. The zero-order valence-electron chi connectivity index (χ0n) is 15.5. The first-order valence-corrected chi connectivity index (χ1v) is 9.21. The lowest BCUT2D eigenvalue weighted by Gasteiger charge is -2.17. The zero-order chi connectivity index (χ0) is 17.8. The van der Waals surface area contributed by atoms with Crippen molar-refractivity contribution in [1.29, 1.82) is 0 Å². The van der Waals surface area contributed by atoms with Crippen molar-refractivity contribution < 1.29 is 0 Å². The molecule has 2 aromatic carbocycles. The number of hydrogen-bond acceptors (Lipinski definition) is 1. The molecular weight excluding hydrogens is 306 g/mol. The Morgan fingerprint density at radius 1 is 0.960 bits per heavy atom. The third-order valence-electron chi connectivity index (χ3n) is 4.94. The quantitative estimate of drug-likeness (QED) is 0.405. The molecule has 0 amide bonds. The van der Waals surface area contributed by atoms with Gasteiger partial charge in [0.05, 0.1) is 11.0 Å². The van der Waals surface area contributed by atoms with E-state index in [1.807, 2.05) is 36.4 Å². The lowest BCUT2D eigenvalue weighted by molar-refractivity contribution is 0.463. The maximum absolute atomic E-state index is 12.8. The predicted molar refractivity (Wildman–Crippen MR) is 108 cm³/mol. The largest absolute Gasteiger partial charge is 0.340 e. The minimum absolute atomic E-state index is 0.138. The third-order valence-corrected chi connectivity index (χ3v) is 4.94. The number of aryl methyl sites for hydroxylation is 1. The van der Waals surface area contributed by atoms with Gasteiger partial charge in [-0.2, -0.15) is 0 Å². The van der Waals surface area contributed by atoms with Gasteiger partial charge < -0.3 is 4.57 Å². The molecule has 1 atom stereocenters. The summed E-state index contributed by atoms with van der Waals surface area (Å²) < 4.78 is 2.32. The van der Waals surface area contributed by atoms with Crippen molar-refractivity contribution in [3.63, 3.8) is 0 Å². The number of fused-ring (bicyclic) bond motifs is 2. The molecule has 0 fully saturated rings. The van der Waals surface area contributed by atoms with Crippen LogP contribution in [0.4, 0.5) is 0 Å². The standard InChI is InChI=1S/C23H27NO/c1-17(2)9-8-10-18(3)15-16-24-21-13-6-4-11-19(21)23(25)20-12-5-7-14-22(20)24/h4-7,9,11-14,18H,8,10,15-16H2,1-3H3/t18-/m0/s1. The van der Waals surface area contributed by atoms with Crippen molar-refractivity contribution in [2.24, 2.45) is 5.92 Å². The Morgan fingerprint density at radius 2 is 1.52 bits per heavy atom. The Hall–Kier alpha value is -2.35. The van der Waals surface area contributed by atoms with Crippen LogP contribution in [0.1, 0.15) is 40.0 Å². The van der Waals surface area contributed by atoms with Crippen LogP contribution in [0.25, 0.3) is 21.8 Å². The Balaban J connectivity index is 1.93. The summed E-state index contributed by atoms with van der Waals surface area (Å²) >= 11 is 0. The fourth-order valence-electron chi connectivity index (χ4n) is 3.47. The molecule has 0 aliphatic rings. The van der Waals surface area contributed by atoms with Crippen molar-refractivity contribution in [3.05, 3.63) is 70.4 Å². The number of hydrogen-bond donors (Lipinski definition) is 0. The first-order chi connectivity index (χ1) is 12.1. The number of benzene rings is 2. The van der Waals surface area contributed by atoms with E-state index in [1.165, 1.54) is 12.0 Å². The van der Waals surface area contributed by atoms with Crippen LogP contribution in [-0.4, -0.2) is 4.57 Å². The highest BCUT2D eigenvalue weighted by molar-refractivity contribution is 5.93. The summed E-state index contributed by atoms with van der Waals surface area (Å²) in [6.07, 6.45) is 5.80. The van der Waals surface area contributed by atoms with Gasteiger partial charge in [-0.1, -0.05) is 42.8 Å². The minimum atomic E-state index is 0.138. The highest BCUT2D eigenvalue weighted by atomic mass is 16.1. The van der Waals surface area contributed by atoms with E-state index in [1.54, 1.807) is 0 Å². The van der Waals surface area contributed by atoms with Crippen LogP contribution in [0.5, 0.6) is 0 Å². The molecule has 0 unspecified atom stereocenters. The molecule has 0 aliphatic heterocycles. The summed E-state index contributed by atoms with van der Waals surface area (Å²) in [4.78, 5) is 12.8. The van der Waals surface area contributed by atoms with Crippen LogP contribution in [0, 0.1) is 5.92 Å². The lowest BCUT2D eigenvalue weighted by atomic mass is 10.0. The van der Waals surface area contributed by atoms with Crippen LogP contribution < -0.4 is 5.43 Å². The number of para-hydroxylation sites is 2. The molecule has 0 saturated heterocycles. The van der Waals surface area contributed by atoms with Gasteiger partial charge in [0.15, 0.2) is 5.43 Å². The highest BCUT2D eigenvalue weighted by Gasteiger charge is 2.11. The van der Waals surface area contributed by atoms with E-state index in [4.69, 9.17) is 0 Å². The molecule has 25 heavy (non-hydrogen) atoms. The first kappa shape index (κ1) is 17.5. The van der Waals surface area contributed by atoms with Gasteiger partial charge in [0, 0.05) is 17.3 Å². The minimum Gasteiger partial charge on any atom is -0.340 e. The highest BCUT2D eigenvalue weighted by Crippen LogP contribution is 2.21. The molecule has 1 heterocycles. The average Bonchev–Trinajstić information content (AvgIpc) is 2.61. The molecule has 130 valence electrons. The summed E-state index contributed by atoms with van der Waals surface area (Å²) in [6, 6.07) is 16.0. The number of rotatable bonds is 6. The van der Waals surface area contributed by atoms with Crippen molar-refractivity contribution in [3.8, 4) is 0 Å². The predicted octanol–water partition coefficient (Wildman–Crippen LogP) is 5.93. The van der Waals surface area contributed by atoms with Gasteiger partial charge in [-0.15, -0.1) is 0 Å². The molecular formula is C23H27NO. The van der Waals surface area contributed by atoms with Crippen molar-refractivity contribution in [1.82, 2.24) is 4.57 Å². The van der Waals surface area contributed by atoms with E-state index >= 15 is 0 Å². The summed E-state index contributed by atoms with van der Waals surface area (Å²) in [6.45, 7) is 7.58. The number of allylic oxidation sites excluding steroid dienone is 2. The van der Waals surface area contributed by atoms with Crippen LogP contribution >= 0.6 is 0 Å². The molecule has 0 saturated carbocycles. The second-order valence-corrected chi connectivity index (χ2v) is 7.27. The van der Waals surface area contributed by atoms with E-state index in [0.29, 0.717) is 5.92 Å². The third kappa shape index (κ3) is 3.84. The van der Waals surface area contributed by atoms with Crippen LogP contribution in [0.15, 0.2) is 65.0 Å². The molecule has 2 heteroatoms. The SMILES string of the molecule is CC(C)=CCC[C@H](C)CCn1c2ccccc2c(=O)c2ccccc21. The maximum atomic E-state index is 12.8. The molecule has 0 N–H and O–H groups in total. The Kier molecular flexibility index (Phi) is 5.37. The van der Waals surface area contributed by atoms with Crippen molar-refractivity contribution in [2.75, 3.05) is 0 Å². The normalized spacial score (nSPS) is 12.4. The van der Waals surface area contributed by atoms with Crippen LogP contribution in [0.2, 0.25) is 0 Å². The molecule has 0 radical (unpaired) electrons. The second-order valence-electron chi connectivity index (χ2n) is 7.27. The molecule has 1 aromatic heterocycles. The fourth-order valence-corrected chi connectivity index (χ4v) is 3.47. The van der Waals surface area contributed by atoms with Crippen molar-refractivity contribution >= 4 is 21.8 Å². The summed E-state index contributed by atoms with van der Waals surface area (Å²) in [7, 11) is 0. The van der Waals surface area contributed by atoms with E-state index < -0.39 is 0 Å².